The Morgan fingerprint density at radius 2 is 1.63 bits per heavy atom. The first-order chi connectivity index (χ1) is 16.9. The summed E-state index contributed by atoms with van der Waals surface area (Å²) in [5.41, 5.74) is 1.58. The predicted octanol–water partition coefficient (Wildman–Crippen LogP) is 1.66. The molecule has 3 atom stereocenters. The zero-order chi connectivity index (χ0) is 24.8. The number of carbonyl (C=O) groups is 3. The van der Waals surface area contributed by atoms with Gasteiger partial charge in [-0.2, -0.15) is 0 Å². The molecule has 1 heterocycles. The number of nitrogens with zero attached hydrogens (tertiary/aromatic N) is 2. The van der Waals surface area contributed by atoms with Gasteiger partial charge in [-0.3, -0.25) is 14.8 Å². The van der Waals surface area contributed by atoms with Crippen molar-refractivity contribution in [3.05, 3.63) is 30.3 Å². The minimum Gasteiger partial charge on any atom is -0.446 e. The monoisotopic (exact) mass is 488 g/mol. The van der Waals surface area contributed by atoms with Gasteiger partial charge >= 0.3 is 6.09 Å². The summed E-state index contributed by atoms with van der Waals surface area (Å²) < 4.78 is 5.56. The van der Waals surface area contributed by atoms with Crippen molar-refractivity contribution in [3.8, 4) is 0 Å². The molecule has 3 aliphatic rings. The van der Waals surface area contributed by atoms with Gasteiger partial charge in [-0.15, -0.1) is 0 Å². The normalized spacial score (nSPS) is 27.4. The molecule has 3 fully saturated rings. The summed E-state index contributed by atoms with van der Waals surface area (Å²) in [5, 5.41) is 22.3. The van der Waals surface area contributed by atoms with Crippen LogP contribution in [-0.2, 0) is 14.3 Å². The fraction of sp³-hybridized carbons (Fsp3) is 0.640. The highest BCUT2D eigenvalue weighted by molar-refractivity contribution is 5.88. The number of anilines is 1. The molecule has 2 saturated carbocycles. The van der Waals surface area contributed by atoms with Crippen molar-refractivity contribution < 1.29 is 29.4 Å². The van der Waals surface area contributed by atoms with Crippen molar-refractivity contribution in [2.24, 2.45) is 11.8 Å². The molecule has 0 aromatic heterocycles. The van der Waals surface area contributed by atoms with E-state index in [-0.39, 0.29) is 24.9 Å². The lowest BCUT2D eigenvalue weighted by Gasteiger charge is -2.38. The van der Waals surface area contributed by atoms with E-state index in [1.54, 1.807) is 10.4 Å². The molecule has 0 radical (unpaired) electrons. The number of hydroxylamine groups is 1. The first-order valence-corrected chi connectivity index (χ1v) is 12.6. The average molecular weight is 489 g/mol. The van der Waals surface area contributed by atoms with Gasteiger partial charge < -0.3 is 25.0 Å². The molecular formula is C25H36N4O6. The average Bonchev–Trinajstić information content (AvgIpc) is 3.28. The van der Waals surface area contributed by atoms with E-state index in [0.29, 0.717) is 26.2 Å². The first-order valence-electron chi connectivity index (χ1n) is 12.6. The fourth-order valence-corrected chi connectivity index (χ4v) is 5.74. The number of aliphatic hydroxyl groups is 1. The Bertz CT molecular complexity index is 885. The maximum atomic E-state index is 13.5. The van der Waals surface area contributed by atoms with E-state index in [9.17, 15) is 24.7 Å². The number of para-hydroxylation sites is 1. The van der Waals surface area contributed by atoms with Gasteiger partial charge in [0.2, 0.25) is 11.8 Å². The summed E-state index contributed by atoms with van der Waals surface area (Å²) in [6.07, 6.45) is 4.11. The molecular weight excluding hydrogens is 452 g/mol. The molecule has 192 valence electrons. The minimum absolute atomic E-state index is 0.0377. The summed E-state index contributed by atoms with van der Waals surface area (Å²) in [5.74, 6) is -2.54. The molecule has 1 saturated heterocycles. The number of piperazine rings is 1. The van der Waals surface area contributed by atoms with Crippen LogP contribution in [0.2, 0.25) is 0 Å². The second-order valence-corrected chi connectivity index (χ2v) is 9.97. The van der Waals surface area contributed by atoms with E-state index in [4.69, 9.17) is 4.74 Å². The zero-order valence-corrected chi connectivity index (χ0v) is 20.0. The third kappa shape index (κ3) is 5.87. The zero-order valence-electron chi connectivity index (χ0n) is 20.0. The van der Waals surface area contributed by atoms with Crippen LogP contribution in [0.15, 0.2) is 30.3 Å². The van der Waals surface area contributed by atoms with Crippen LogP contribution in [0.5, 0.6) is 0 Å². The van der Waals surface area contributed by atoms with Gasteiger partial charge in [0, 0.05) is 31.9 Å². The lowest BCUT2D eigenvalue weighted by Crippen LogP contribution is -2.52. The quantitative estimate of drug-likeness (QED) is 0.354. The Morgan fingerprint density at radius 1 is 0.971 bits per heavy atom. The van der Waals surface area contributed by atoms with Crippen molar-refractivity contribution in [2.45, 2.75) is 56.6 Å². The molecule has 10 nitrogen and oxygen atoms in total. The predicted molar refractivity (Wildman–Crippen MR) is 128 cm³/mol. The molecule has 0 unspecified atom stereocenters. The van der Waals surface area contributed by atoms with Gasteiger partial charge in [0.1, 0.15) is 6.10 Å². The van der Waals surface area contributed by atoms with Crippen LogP contribution in [0.25, 0.3) is 0 Å². The molecule has 3 amide bonds. The molecule has 4 N–H and O–H groups in total. The first kappa shape index (κ1) is 25.2. The molecule has 0 spiro atoms. The van der Waals surface area contributed by atoms with E-state index >= 15 is 0 Å². The van der Waals surface area contributed by atoms with Gasteiger partial charge in [-0.05, 0) is 50.7 Å². The van der Waals surface area contributed by atoms with Gasteiger partial charge in [0.25, 0.3) is 0 Å². The number of rotatable bonds is 6. The van der Waals surface area contributed by atoms with Gasteiger partial charge in [-0.25, -0.2) is 10.3 Å². The molecule has 1 aliphatic heterocycles. The number of hydrogen-bond donors (Lipinski definition) is 4. The summed E-state index contributed by atoms with van der Waals surface area (Å²) in [4.78, 5) is 42.6. The summed E-state index contributed by atoms with van der Waals surface area (Å²) in [6, 6.07) is 9.98. The van der Waals surface area contributed by atoms with Crippen LogP contribution in [0.4, 0.5) is 10.5 Å². The topological polar surface area (TPSA) is 131 Å². The number of aliphatic hydroxyl groups excluding tert-OH is 1. The molecule has 2 aliphatic carbocycles. The lowest BCUT2D eigenvalue weighted by molar-refractivity contribution is -0.144. The Balaban J connectivity index is 1.41. The van der Waals surface area contributed by atoms with E-state index < -0.39 is 36.0 Å². The highest BCUT2D eigenvalue weighted by Gasteiger charge is 2.52. The number of carbonyl (C=O) groups excluding carboxylic acids is 3. The maximum Gasteiger partial charge on any atom is 0.407 e. The van der Waals surface area contributed by atoms with Crippen LogP contribution < -0.4 is 15.7 Å². The van der Waals surface area contributed by atoms with E-state index in [1.165, 1.54) is 0 Å². The fourth-order valence-electron chi connectivity index (χ4n) is 5.74. The molecule has 35 heavy (non-hydrogen) atoms. The van der Waals surface area contributed by atoms with Crippen molar-refractivity contribution in [1.29, 1.82) is 0 Å². The number of hydrogen-bond acceptors (Lipinski definition) is 7. The number of ether oxygens (including phenoxy) is 1. The standard InChI is InChI=1S/C25H36N4O6/c30-17-25(26-24(33)35-19-9-5-2-6-10-19)15-20(22(31)27-34)21(16-25)23(32)29-13-11-28(12-14-29)18-7-3-1-4-8-18/h1,3-4,7-8,19-21,30,34H,2,5-6,9-17H2,(H,26,33)(H,27,31)/t20-,21-,25-/m0/s1. The summed E-state index contributed by atoms with van der Waals surface area (Å²) >= 11 is 0. The van der Waals surface area contributed by atoms with E-state index in [0.717, 1.165) is 37.8 Å². The van der Waals surface area contributed by atoms with E-state index in [1.807, 2.05) is 30.3 Å². The van der Waals surface area contributed by atoms with Crippen molar-refractivity contribution in [1.82, 2.24) is 15.7 Å². The third-order valence-corrected chi connectivity index (χ3v) is 7.68. The van der Waals surface area contributed by atoms with Crippen molar-refractivity contribution in [2.75, 3.05) is 37.7 Å². The van der Waals surface area contributed by atoms with E-state index in [2.05, 4.69) is 10.2 Å². The summed E-state index contributed by atoms with van der Waals surface area (Å²) in [6.45, 7) is 1.89. The molecule has 0 bridgehead atoms. The van der Waals surface area contributed by atoms with Crippen LogP contribution in [0.1, 0.15) is 44.9 Å². The second kappa shape index (κ2) is 11.3. The Kier molecular flexibility index (Phi) is 8.12. The van der Waals surface area contributed by atoms with Crippen molar-refractivity contribution in [3.63, 3.8) is 0 Å². The van der Waals surface area contributed by atoms with Crippen LogP contribution in [0.3, 0.4) is 0 Å². The van der Waals surface area contributed by atoms with Crippen LogP contribution in [0, 0.1) is 11.8 Å². The molecule has 1 aromatic rings. The molecule has 10 heteroatoms. The lowest BCUT2D eigenvalue weighted by atomic mass is 9.93. The van der Waals surface area contributed by atoms with Gasteiger partial charge in [0.05, 0.1) is 24.0 Å². The maximum absolute atomic E-state index is 13.5. The van der Waals surface area contributed by atoms with Crippen LogP contribution in [-0.4, -0.2) is 77.6 Å². The second-order valence-electron chi connectivity index (χ2n) is 9.97. The van der Waals surface area contributed by atoms with Crippen LogP contribution >= 0.6 is 0 Å². The molecule has 4 rings (SSSR count). The smallest absolute Gasteiger partial charge is 0.407 e. The van der Waals surface area contributed by atoms with Crippen molar-refractivity contribution >= 4 is 23.6 Å². The Labute approximate surface area is 205 Å². The Morgan fingerprint density at radius 3 is 2.26 bits per heavy atom. The Hall–Kier alpha value is -2.85. The number of alkyl carbamates (subject to hydrolysis) is 1. The van der Waals surface area contributed by atoms with Gasteiger partial charge in [0.15, 0.2) is 0 Å². The number of nitrogens with one attached hydrogen (secondary N) is 2. The highest BCUT2D eigenvalue weighted by atomic mass is 16.6. The summed E-state index contributed by atoms with van der Waals surface area (Å²) in [7, 11) is 0. The largest absolute Gasteiger partial charge is 0.446 e. The number of benzene rings is 1. The number of amides is 3. The molecule has 1 aromatic carbocycles. The highest BCUT2D eigenvalue weighted by Crippen LogP contribution is 2.41. The third-order valence-electron chi connectivity index (χ3n) is 7.68. The van der Waals surface area contributed by atoms with Gasteiger partial charge in [-0.1, -0.05) is 24.6 Å². The minimum atomic E-state index is -1.17. The SMILES string of the molecule is O=C(N[C@@]1(CO)C[C@H](C(=O)NO)[C@@H](C(=O)N2CCN(c3ccccc3)CC2)C1)OC1CCCCC1.